The fourth-order valence-corrected chi connectivity index (χ4v) is 5.77. The molecule has 0 saturated heterocycles. The summed E-state index contributed by atoms with van der Waals surface area (Å²) < 4.78 is 26.4. The predicted molar refractivity (Wildman–Crippen MR) is 136 cm³/mol. The number of aromatic nitrogens is 2. The van der Waals surface area contributed by atoms with E-state index in [1.807, 2.05) is 0 Å². The molecule has 1 aliphatic rings. The van der Waals surface area contributed by atoms with Gasteiger partial charge in [-0.25, -0.2) is 32.7 Å². The Morgan fingerprint density at radius 1 is 1.06 bits per heavy atom. The Labute approximate surface area is 208 Å². The van der Waals surface area contributed by atoms with Crippen LogP contribution in [0.4, 0.5) is 17.3 Å². The highest BCUT2D eigenvalue weighted by Crippen LogP contribution is 2.40. The van der Waals surface area contributed by atoms with Crippen LogP contribution < -0.4 is 21.6 Å². The topological polar surface area (TPSA) is 132 Å². The number of nitrogens with zero attached hydrogens (tertiary/aromatic N) is 5. The number of hydrogen-bond acceptors (Lipinski definition) is 10. The van der Waals surface area contributed by atoms with Crippen molar-refractivity contribution in [2.45, 2.75) is 38.6 Å². The normalized spacial score (nSPS) is 14.3. The monoisotopic (exact) mass is 515 g/mol. The first-order valence-corrected chi connectivity index (χ1v) is 13.2. The lowest BCUT2D eigenvalue weighted by Gasteiger charge is -2.31. The van der Waals surface area contributed by atoms with Crippen molar-refractivity contribution in [3.63, 3.8) is 0 Å². The van der Waals surface area contributed by atoms with Crippen molar-refractivity contribution in [1.29, 1.82) is 0 Å². The second-order valence-corrected chi connectivity index (χ2v) is 12.9. The van der Waals surface area contributed by atoms with Gasteiger partial charge in [-0.15, -0.1) is 11.3 Å². The van der Waals surface area contributed by atoms with Crippen molar-refractivity contribution in [3.05, 3.63) is 51.1 Å². The molecule has 10 nitrogen and oxygen atoms in total. The molecule has 0 aliphatic carbocycles. The summed E-state index contributed by atoms with van der Waals surface area (Å²) in [7, 11) is -1.04. The lowest BCUT2D eigenvalue weighted by Crippen LogP contribution is -2.33. The van der Waals surface area contributed by atoms with E-state index in [2.05, 4.69) is 70.4 Å². The number of benzene rings is 1. The molecule has 35 heavy (non-hydrogen) atoms. The minimum atomic E-state index is -3.85. The van der Waals surface area contributed by atoms with Crippen molar-refractivity contribution >= 4 is 38.7 Å². The Hall–Kier alpha value is -3.09. The van der Waals surface area contributed by atoms with Crippen LogP contribution in [-0.4, -0.2) is 48.6 Å². The van der Waals surface area contributed by atoms with Crippen molar-refractivity contribution in [1.82, 2.24) is 14.3 Å². The molecular weight excluding hydrogens is 486 g/mol. The Kier molecular flexibility index (Phi) is 6.56. The molecule has 0 amide bonds. The van der Waals surface area contributed by atoms with E-state index in [0.717, 1.165) is 9.18 Å². The summed E-state index contributed by atoms with van der Waals surface area (Å²) in [6.07, 6.45) is 0. The third-order valence-electron chi connectivity index (χ3n) is 5.50. The number of anilines is 3. The first-order chi connectivity index (χ1) is 16.4. The lowest BCUT2D eigenvalue weighted by atomic mass is 9.86. The van der Waals surface area contributed by atoms with Crippen molar-refractivity contribution in [3.8, 4) is 5.75 Å². The van der Waals surface area contributed by atoms with Crippen LogP contribution in [0.2, 0.25) is 0 Å². The number of phenols is 1. The SMILES string of the molecule is Cc1ccc([C@H](Nc2nc3c(nc2Nc2cccc(S(=O)(=O)N(C)C)c2O)=NCN=3)C(C)(C)C)s1. The van der Waals surface area contributed by atoms with Gasteiger partial charge in [-0.2, -0.15) is 0 Å². The number of sulfonamides is 1. The highest BCUT2D eigenvalue weighted by molar-refractivity contribution is 7.89. The Morgan fingerprint density at radius 3 is 2.29 bits per heavy atom. The van der Waals surface area contributed by atoms with Gasteiger partial charge in [-0.3, -0.25) is 0 Å². The summed E-state index contributed by atoms with van der Waals surface area (Å²) >= 11 is 1.70. The zero-order chi connectivity index (χ0) is 25.5. The van der Waals surface area contributed by atoms with E-state index in [9.17, 15) is 13.5 Å². The molecule has 1 atom stereocenters. The number of fused-ring (bicyclic) bond motifs is 1. The number of aromatic hydroxyl groups is 1. The van der Waals surface area contributed by atoms with Gasteiger partial charge in [0.1, 0.15) is 11.6 Å². The van der Waals surface area contributed by atoms with Gasteiger partial charge in [0.25, 0.3) is 0 Å². The molecule has 0 saturated carbocycles. The van der Waals surface area contributed by atoms with Crippen LogP contribution in [0.15, 0.2) is 45.2 Å². The maximum absolute atomic E-state index is 12.7. The van der Waals surface area contributed by atoms with Gasteiger partial charge in [0.05, 0.1) is 11.7 Å². The molecule has 0 radical (unpaired) electrons. The molecule has 3 N–H and O–H groups in total. The van der Waals surface area contributed by atoms with Crippen LogP contribution in [0.5, 0.6) is 5.75 Å². The molecule has 186 valence electrons. The molecule has 3 aromatic rings. The third kappa shape index (κ3) is 5.00. The average Bonchev–Trinajstić information content (AvgIpc) is 3.40. The minimum Gasteiger partial charge on any atom is -0.504 e. The molecule has 1 aliphatic heterocycles. The van der Waals surface area contributed by atoms with Crippen LogP contribution in [0, 0.1) is 12.3 Å². The van der Waals surface area contributed by atoms with Gasteiger partial charge >= 0.3 is 0 Å². The Bertz CT molecular complexity index is 1490. The molecular formula is C23H29N7O3S2. The number of phenolic OH excluding ortho intramolecular Hbond substituents is 1. The van der Waals surface area contributed by atoms with Gasteiger partial charge in [0.15, 0.2) is 28.4 Å². The van der Waals surface area contributed by atoms with Crippen LogP contribution in [0.25, 0.3) is 0 Å². The summed E-state index contributed by atoms with van der Waals surface area (Å²) in [5.74, 6) is 0.329. The molecule has 0 unspecified atom stereocenters. The van der Waals surface area contributed by atoms with Crippen molar-refractivity contribution in [2.75, 3.05) is 31.4 Å². The average molecular weight is 516 g/mol. The zero-order valence-corrected chi connectivity index (χ0v) is 22.1. The molecule has 4 rings (SSSR count). The zero-order valence-electron chi connectivity index (χ0n) is 20.5. The van der Waals surface area contributed by atoms with Gasteiger partial charge in [-0.1, -0.05) is 26.8 Å². The van der Waals surface area contributed by atoms with Crippen LogP contribution in [0.3, 0.4) is 0 Å². The van der Waals surface area contributed by atoms with Gasteiger partial charge in [0.2, 0.25) is 10.0 Å². The molecule has 0 spiro atoms. The van der Waals surface area contributed by atoms with Crippen LogP contribution in [-0.2, 0) is 10.0 Å². The maximum Gasteiger partial charge on any atom is 0.246 e. The number of hydrogen-bond donors (Lipinski definition) is 3. The minimum absolute atomic E-state index is 0.0958. The summed E-state index contributed by atoms with van der Waals surface area (Å²) in [6, 6.07) is 8.56. The van der Waals surface area contributed by atoms with Crippen LogP contribution >= 0.6 is 11.3 Å². The van der Waals surface area contributed by atoms with Gasteiger partial charge in [-0.05, 0) is 36.6 Å². The largest absolute Gasteiger partial charge is 0.504 e. The second-order valence-electron chi connectivity index (χ2n) is 9.48. The number of aryl methyl sites for hydroxylation is 1. The first kappa shape index (κ1) is 25.0. The fourth-order valence-electron chi connectivity index (χ4n) is 3.60. The van der Waals surface area contributed by atoms with E-state index in [0.29, 0.717) is 22.6 Å². The summed E-state index contributed by atoms with van der Waals surface area (Å²) in [5, 5.41) is 17.4. The lowest BCUT2D eigenvalue weighted by molar-refractivity contribution is 0.350. The van der Waals surface area contributed by atoms with E-state index in [1.54, 1.807) is 23.5 Å². The quantitative estimate of drug-likeness (QED) is 0.412. The van der Waals surface area contributed by atoms with Crippen molar-refractivity contribution in [2.24, 2.45) is 15.4 Å². The molecule has 0 bridgehead atoms. The van der Waals surface area contributed by atoms with E-state index < -0.39 is 15.8 Å². The number of thiophene rings is 1. The van der Waals surface area contributed by atoms with E-state index >= 15 is 0 Å². The van der Waals surface area contributed by atoms with Gasteiger partial charge < -0.3 is 15.7 Å². The second kappa shape index (κ2) is 9.17. The molecule has 0 fully saturated rings. The number of rotatable bonds is 7. The fraction of sp³-hybridized carbons (Fsp3) is 0.391. The van der Waals surface area contributed by atoms with E-state index in [4.69, 9.17) is 0 Å². The van der Waals surface area contributed by atoms with Crippen molar-refractivity contribution < 1.29 is 13.5 Å². The summed E-state index contributed by atoms with van der Waals surface area (Å²) in [5.41, 5.74) is 0.827. The van der Waals surface area contributed by atoms with Crippen LogP contribution in [0.1, 0.15) is 36.6 Å². The maximum atomic E-state index is 12.7. The molecule has 12 heteroatoms. The highest BCUT2D eigenvalue weighted by Gasteiger charge is 2.30. The Morgan fingerprint density at radius 2 is 1.71 bits per heavy atom. The standard InChI is InChI=1S/C23H29N7O3S2/c1-13-10-11-15(34-13)18(23(2,3)4)27-22-21(28-19-20(29-22)25-12-24-19)26-14-8-7-9-16(17(14)31)35(32,33)30(5)6/h7-11,18,31H,12H2,1-6H3,(H,24,26,28)(H,25,27,29)/t18-/m0/s1. The van der Waals surface area contributed by atoms with E-state index in [-0.39, 0.29) is 28.7 Å². The van der Waals surface area contributed by atoms with Gasteiger partial charge in [0, 0.05) is 23.8 Å². The predicted octanol–water partition coefficient (Wildman–Crippen LogP) is 2.96. The summed E-state index contributed by atoms with van der Waals surface area (Å²) in [6.45, 7) is 8.71. The highest BCUT2D eigenvalue weighted by atomic mass is 32.2. The molecule has 3 heterocycles. The number of para-hydroxylation sites is 1. The smallest absolute Gasteiger partial charge is 0.246 e. The number of nitrogens with one attached hydrogen (secondary N) is 2. The molecule has 2 aromatic heterocycles. The molecule has 1 aromatic carbocycles. The van der Waals surface area contributed by atoms with E-state index in [1.165, 1.54) is 25.0 Å². The Balaban J connectivity index is 1.80. The first-order valence-electron chi connectivity index (χ1n) is 11.0. The summed E-state index contributed by atoms with van der Waals surface area (Å²) in [4.78, 5) is 19.9. The third-order valence-corrected chi connectivity index (χ3v) is 8.42.